The van der Waals surface area contributed by atoms with E-state index >= 15 is 0 Å². The molecule has 0 unspecified atom stereocenters. The molecule has 0 saturated heterocycles. The first-order chi connectivity index (χ1) is 12.7. The van der Waals surface area contributed by atoms with E-state index in [1.165, 1.54) is 16.9 Å². The van der Waals surface area contributed by atoms with E-state index in [1.54, 1.807) is 13.0 Å². The summed E-state index contributed by atoms with van der Waals surface area (Å²) in [7, 11) is 0. The molecule has 0 spiro atoms. The van der Waals surface area contributed by atoms with Crippen LogP contribution in [0.15, 0.2) is 42.7 Å². The zero-order valence-electron chi connectivity index (χ0n) is 14.8. The SMILES string of the molecule is Cc1ccc(OC(=O)c2cnn(-c3ccc(C(F)(F)F)cn3)c2C)c(C)c1. The quantitative estimate of drug-likeness (QED) is 0.502. The maximum absolute atomic E-state index is 12.7. The van der Waals surface area contributed by atoms with Crippen LogP contribution >= 0.6 is 0 Å². The van der Waals surface area contributed by atoms with Crippen LogP contribution in [0.2, 0.25) is 0 Å². The minimum Gasteiger partial charge on any atom is -0.423 e. The smallest absolute Gasteiger partial charge is 0.417 e. The summed E-state index contributed by atoms with van der Waals surface area (Å²) in [5.41, 5.74) is 1.63. The third kappa shape index (κ3) is 3.84. The Morgan fingerprint density at radius 1 is 1.07 bits per heavy atom. The Hall–Kier alpha value is -3.16. The molecule has 0 amide bonds. The van der Waals surface area contributed by atoms with Gasteiger partial charge in [0.15, 0.2) is 5.82 Å². The van der Waals surface area contributed by atoms with Gasteiger partial charge in [0.2, 0.25) is 0 Å². The number of esters is 1. The van der Waals surface area contributed by atoms with E-state index in [9.17, 15) is 18.0 Å². The van der Waals surface area contributed by atoms with E-state index in [4.69, 9.17) is 4.74 Å². The standard InChI is InChI=1S/C19H16F3N3O2/c1-11-4-6-16(12(2)8-11)27-18(26)15-10-24-25(13(15)3)17-7-5-14(9-23-17)19(20,21)22/h4-10H,1-3H3. The normalized spacial score (nSPS) is 11.5. The lowest BCUT2D eigenvalue weighted by Gasteiger charge is -2.09. The number of hydrogen-bond donors (Lipinski definition) is 0. The fourth-order valence-corrected chi connectivity index (χ4v) is 2.59. The molecule has 1 aromatic carbocycles. The maximum Gasteiger partial charge on any atom is 0.417 e. The maximum atomic E-state index is 12.7. The monoisotopic (exact) mass is 375 g/mol. The molecule has 0 fully saturated rings. The molecular weight excluding hydrogens is 359 g/mol. The van der Waals surface area contributed by atoms with Gasteiger partial charge in [-0.2, -0.15) is 18.3 Å². The van der Waals surface area contributed by atoms with Gasteiger partial charge in [-0.25, -0.2) is 14.5 Å². The van der Waals surface area contributed by atoms with Gasteiger partial charge in [0.1, 0.15) is 11.3 Å². The first-order valence-corrected chi connectivity index (χ1v) is 8.04. The highest BCUT2D eigenvalue weighted by molar-refractivity contribution is 5.92. The second kappa shape index (κ2) is 6.86. The summed E-state index contributed by atoms with van der Waals surface area (Å²) in [6.07, 6.45) is -2.43. The van der Waals surface area contributed by atoms with Crippen LogP contribution in [0, 0.1) is 20.8 Å². The predicted octanol–water partition coefficient (Wildman–Crippen LogP) is 4.43. The molecule has 0 bridgehead atoms. The highest BCUT2D eigenvalue weighted by atomic mass is 19.4. The largest absolute Gasteiger partial charge is 0.423 e. The number of pyridine rings is 1. The van der Waals surface area contributed by atoms with Crippen LogP contribution < -0.4 is 4.74 Å². The van der Waals surface area contributed by atoms with Crippen LogP contribution in [-0.4, -0.2) is 20.7 Å². The lowest BCUT2D eigenvalue weighted by Crippen LogP contribution is -2.11. The highest BCUT2D eigenvalue weighted by Gasteiger charge is 2.31. The van der Waals surface area contributed by atoms with Gasteiger partial charge in [-0.1, -0.05) is 17.7 Å². The van der Waals surface area contributed by atoms with Crippen molar-refractivity contribution in [2.24, 2.45) is 0 Å². The first-order valence-electron chi connectivity index (χ1n) is 8.04. The van der Waals surface area contributed by atoms with E-state index in [-0.39, 0.29) is 11.4 Å². The Balaban J connectivity index is 1.85. The van der Waals surface area contributed by atoms with Gasteiger partial charge >= 0.3 is 12.1 Å². The number of benzene rings is 1. The minimum atomic E-state index is -4.47. The van der Waals surface area contributed by atoms with Crippen molar-refractivity contribution in [3.63, 3.8) is 0 Å². The summed E-state index contributed by atoms with van der Waals surface area (Å²) in [6, 6.07) is 7.54. The van der Waals surface area contributed by atoms with Crippen molar-refractivity contribution in [1.82, 2.24) is 14.8 Å². The van der Waals surface area contributed by atoms with E-state index < -0.39 is 17.7 Å². The van der Waals surface area contributed by atoms with Gasteiger partial charge in [-0.05, 0) is 44.5 Å². The van der Waals surface area contributed by atoms with Gasteiger partial charge in [-0.3, -0.25) is 0 Å². The van der Waals surface area contributed by atoms with E-state index in [1.807, 2.05) is 26.0 Å². The molecule has 0 atom stereocenters. The molecule has 5 nitrogen and oxygen atoms in total. The third-order valence-electron chi connectivity index (χ3n) is 4.06. The van der Waals surface area contributed by atoms with Crippen LogP contribution in [0.5, 0.6) is 5.75 Å². The fourth-order valence-electron chi connectivity index (χ4n) is 2.59. The highest BCUT2D eigenvalue weighted by Crippen LogP contribution is 2.29. The molecule has 0 N–H and O–H groups in total. The summed E-state index contributed by atoms with van der Waals surface area (Å²) in [5.74, 6) is 0.00841. The molecule has 3 aromatic rings. The lowest BCUT2D eigenvalue weighted by atomic mass is 10.1. The molecule has 3 rings (SSSR count). The molecule has 2 heterocycles. The van der Waals surface area contributed by atoms with E-state index in [2.05, 4.69) is 10.1 Å². The average molecular weight is 375 g/mol. The van der Waals surface area contributed by atoms with Crippen LogP contribution in [-0.2, 0) is 6.18 Å². The molecule has 0 saturated carbocycles. The molecule has 0 aliphatic heterocycles. The zero-order chi connectivity index (χ0) is 19.8. The number of halogens is 3. The summed E-state index contributed by atoms with van der Waals surface area (Å²) in [4.78, 5) is 16.2. The molecule has 2 aromatic heterocycles. The Kier molecular flexibility index (Phi) is 4.73. The van der Waals surface area contributed by atoms with Crippen molar-refractivity contribution < 1.29 is 22.7 Å². The molecule has 0 radical (unpaired) electrons. The van der Waals surface area contributed by atoms with Gasteiger partial charge in [0.05, 0.1) is 17.5 Å². The third-order valence-corrected chi connectivity index (χ3v) is 4.06. The number of carbonyl (C=O) groups is 1. The van der Waals surface area contributed by atoms with Crippen LogP contribution in [0.3, 0.4) is 0 Å². The number of aryl methyl sites for hydroxylation is 2. The van der Waals surface area contributed by atoms with E-state index in [0.29, 0.717) is 11.4 Å². The molecule has 27 heavy (non-hydrogen) atoms. The zero-order valence-corrected chi connectivity index (χ0v) is 14.8. The van der Waals surface area contributed by atoms with Gasteiger partial charge in [0.25, 0.3) is 0 Å². The van der Waals surface area contributed by atoms with Crippen molar-refractivity contribution >= 4 is 5.97 Å². The lowest BCUT2D eigenvalue weighted by molar-refractivity contribution is -0.137. The Morgan fingerprint density at radius 3 is 2.41 bits per heavy atom. The second-order valence-electron chi connectivity index (χ2n) is 6.12. The van der Waals surface area contributed by atoms with Crippen LogP contribution in [0.25, 0.3) is 5.82 Å². The predicted molar refractivity (Wildman–Crippen MR) is 92.0 cm³/mol. The molecule has 0 aliphatic carbocycles. The first kappa shape index (κ1) is 18.6. The van der Waals surface area contributed by atoms with Crippen molar-refractivity contribution in [3.05, 3.63) is 70.7 Å². The topological polar surface area (TPSA) is 57.0 Å². The molecular formula is C19H16F3N3O2. The molecule has 8 heteroatoms. The van der Waals surface area contributed by atoms with E-state index in [0.717, 1.165) is 23.4 Å². The number of carbonyl (C=O) groups excluding carboxylic acids is 1. The number of nitrogens with zero attached hydrogens (tertiary/aromatic N) is 3. The van der Waals surface area contributed by atoms with Crippen molar-refractivity contribution in [1.29, 1.82) is 0 Å². The number of ether oxygens (including phenoxy) is 1. The van der Waals surface area contributed by atoms with Crippen molar-refractivity contribution in [3.8, 4) is 11.6 Å². The summed E-state index contributed by atoms with van der Waals surface area (Å²) in [6.45, 7) is 5.38. The van der Waals surface area contributed by atoms with Crippen LogP contribution in [0.4, 0.5) is 13.2 Å². The number of hydrogen-bond acceptors (Lipinski definition) is 4. The van der Waals surface area contributed by atoms with Crippen molar-refractivity contribution in [2.75, 3.05) is 0 Å². The number of alkyl halides is 3. The van der Waals surface area contributed by atoms with Crippen LogP contribution in [0.1, 0.15) is 32.7 Å². The Labute approximate surface area is 153 Å². The Morgan fingerprint density at radius 2 is 1.81 bits per heavy atom. The second-order valence-corrected chi connectivity index (χ2v) is 6.12. The molecule has 140 valence electrons. The van der Waals surface area contributed by atoms with Gasteiger partial charge in [0, 0.05) is 6.20 Å². The molecule has 0 aliphatic rings. The van der Waals surface area contributed by atoms with Crippen molar-refractivity contribution in [2.45, 2.75) is 26.9 Å². The summed E-state index contributed by atoms with van der Waals surface area (Å²) in [5, 5.41) is 4.05. The fraction of sp³-hybridized carbons (Fsp3) is 0.211. The minimum absolute atomic E-state index is 0.172. The van der Waals surface area contributed by atoms with Gasteiger partial charge < -0.3 is 4.74 Å². The Bertz CT molecular complexity index is 992. The van der Waals surface area contributed by atoms with Gasteiger partial charge in [-0.15, -0.1) is 0 Å². The summed E-state index contributed by atoms with van der Waals surface area (Å²) < 4.78 is 44.7. The summed E-state index contributed by atoms with van der Waals surface area (Å²) >= 11 is 0. The number of aromatic nitrogens is 3. The average Bonchev–Trinajstić information content (AvgIpc) is 2.98. The number of rotatable bonds is 3.